The zero-order valence-corrected chi connectivity index (χ0v) is 9.52. The Morgan fingerprint density at radius 1 is 1.42 bits per heavy atom. The molecule has 6 heteroatoms. The first-order valence-corrected chi connectivity index (χ1v) is 5.89. The van der Waals surface area contributed by atoms with Crippen molar-refractivity contribution in [3.63, 3.8) is 0 Å². The van der Waals surface area contributed by atoms with E-state index in [-0.39, 0.29) is 4.90 Å². The van der Waals surface area contributed by atoms with Gasteiger partial charge in [0.05, 0.1) is 9.92 Å². The summed E-state index contributed by atoms with van der Waals surface area (Å²) in [5.41, 5.74) is 0. The quantitative estimate of drug-likeness (QED) is 0.800. The van der Waals surface area contributed by atoms with Crippen LogP contribution in [-0.2, 0) is 10.0 Å². The van der Waals surface area contributed by atoms with Gasteiger partial charge in [0.1, 0.15) is 0 Å². The lowest BCUT2D eigenvalue weighted by atomic mass is 10.4. The lowest BCUT2D eigenvalue weighted by Gasteiger charge is -1.99. The van der Waals surface area contributed by atoms with Gasteiger partial charge in [-0.05, 0) is 40.8 Å². The molecule has 1 rings (SSSR count). The second-order valence-electron chi connectivity index (χ2n) is 2.12. The summed E-state index contributed by atoms with van der Waals surface area (Å²) in [6, 6.07) is 4.31. The fourth-order valence-electron chi connectivity index (χ4n) is 0.654. The largest absolute Gasteiger partial charge is 0.238 e. The summed E-state index contributed by atoms with van der Waals surface area (Å²) in [5.74, 6) is 0. The first kappa shape index (κ1) is 10.2. The first-order chi connectivity index (χ1) is 5.41. The molecule has 0 saturated carbocycles. The van der Waals surface area contributed by atoms with Crippen LogP contribution in [0, 0.1) is 3.57 Å². The molecule has 0 heterocycles. The van der Waals surface area contributed by atoms with Crippen molar-refractivity contribution in [3.05, 3.63) is 26.8 Å². The molecule has 0 aromatic heterocycles. The lowest BCUT2D eigenvalue weighted by Crippen LogP contribution is -2.12. The molecule has 0 aliphatic rings. The topological polar surface area (TPSA) is 60.2 Å². The van der Waals surface area contributed by atoms with Crippen LogP contribution in [0.3, 0.4) is 0 Å². The van der Waals surface area contributed by atoms with Gasteiger partial charge >= 0.3 is 0 Å². The molecule has 0 amide bonds. The highest BCUT2D eigenvalue weighted by Gasteiger charge is 2.08. The maximum absolute atomic E-state index is 10.8. The average molecular weight is 318 g/mol. The fraction of sp³-hybridized carbons (Fsp3) is 0. The van der Waals surface area contributed by atoms with Gasteiger partial charge in [0.2, 0.25) is 10.0 Å². The van der Waals surface area contributed by atoms with E-state index in [1.54, 1.807) is 0 Å². The summed E-state index contributed by atoms with van der Waals surface area (Å²) in [4.78, 5) is 0.0799. The third kappa shape index (κ3) is 2.32. The molecule has 66 valence electrons. The molecule has 3 nitrogen and oxygen atoms in total. The zero-order chi connectivity index (χ0) is 9.35. The Hall–Kier alpha value is 0.150. The lowest BCUT2D eigenvalue weighted by molar-refractivity contribution is 0.598. The highest BCUT2D eigenvalue weighted by molar-refractivity contribution is 14.1. The van der Waals surface area contributed by atoms with E-state index >= 15 is 0 Å². The molecule has 0 spiro atoms. The van der Waals surface area contributed by atoms with E-state index in [9.17, 15) is 8.42 Å². The van der Waals surface area contributed by atoms with Crippen molar-refractivity contribution >= 4 is 44.2 Å². The van der Waals surface area contributed by atoms with E-state index in [1.165, 1.54) is 18.2 Å². The molecule has 0 fully saturated rings. The third-order valence-corrected chi connectivity index (χ3v) is 3.67. The number of hydrogen-bond donors (Lipinski definition) is 1. The van der Waals surface area contributed by atoms with Crippen molar-refractivity contribution in [2.45, 2.75) is 4.90 Å². The van der Waals surface area contributed by atoms with Crippen molar-refractivity contribution in [1.82, 2.24) is 0 Å². The molecule has 0 radical (unpaired) electrons. The van der Waals surface area contributed by atoms with Crippen LogP contribution in [0.2, 0.25) is 5.02 Å². The van der Waals surface area contributed by atoms with Crippen LogP contribution in [0.1, 0.15) is 0 Å². The van der Waals surface area contributed by atoms with Crippen LogP contribution in [-0.4, -0.2) is 8.42 Å². The van der Waals surface area contributed by atoms with Gasteiger partial charge in [-0.1, -0.05) is 11.6 Å². The Labute approximate surface area is 89.1 Å². The molecular formula is C6H5ClINO2S. The number of rotatable bonds is 1. The summed E-state index contributed by atoms with van der Waals surface area (Å²) >= 11 is 7.63. The number of nitrogens with two attached hydrogens (primary N) is 1. The van der Waals surface area contributed by atoms with E-state index in [4.69, 9.17) is 16.7 Å². The second kappa shape index (κ2) is 3.49. The Morgan fingerprint density at radius 3 is 2.42 bits per heavy atom. The van der Waals surface area contributed by atoms with Gasteiger partial charge in [0, 0.05) is 3.57 Å². The molecule has 2 N–H and O–H groups in total. The van der Waals surface area contributed by atoms with Gasteiger partial charge < -0.3 is 0 Å². The number of halogens is 2. The number of benzene rings is 1. The molecule has 0 bridgehead atoms. The normalized spacial score (nSPS) is 11.6. The maximum Gasteiger partial charge on any atom is 0.238 e. The van der Waals surface area contributed by atoms with Gasteiger partial charge in [-0.25, -0.2) is 13.6 Å². The highest BCUT2D eigenvalue weighted by Crippen LogP contribution is 2.20. The number of primary sulfonamides is 1. The summed E-state index contributed by atoms with van der Waals surface area (Å²) in [6.07, 6.45) is 0. The van der Waals surface area contributed by atoms with Crippen molar-refractivity contribution in [2.24, 2.45) is 5.14 Å². The van der Waals surface area contributed by atoms with E-state index in [2.05, 4.69) is 0 Å². The van der Waals surface area contributed by atoms with Crippen LogP contribution in [0.25, 0.3) is 0 Å². The molecule has 0 atom stereocenters. The molecular weight excluding hydrogens is 312 g/mol. The van der Waals surface area contributed by atoms with Gasteiger partial charge in [0.15, 0.2) is 0 Å². The van der Waals surface area contributed by atoms with E-state index in [0.717, 1.165) is 0 Å². The van der Waals surface area contributed by atoms with Crippen molar-refractivity contribution in [2.75, 3.05) is 0 Å². The minimum absolute atomic E-state index is 0.0799. The molecule has 1 aromatic carbocycles. The zero-order valence-electron chi connectivity index (χ0n) is 5.79. The monoisotopic (exact) mass is 317 g/mol. The molecule has 0 aliphatic carbocycles. The number of sulfonamides is 1. The smallest absolute Gasteiger partial charge is 0.225 e. The van der Waals surface area contributed by atoms with Crippen LogP contribution in [0.4, 0.5) is 0 Å². The Balaban J connectivity index is 3.33. The van der Waals surface area contributed by atoms with Crippen molar-refractivity contribution < 1.29 is 8.42 Å². The van der Waals surface area contributed by atoms with Crippen molar-refractivity contribution in [3.8, 4) is 0 Å². The van der Waals surface area contributed by atoms with E-state index in [0.29, 0.717) is 8.59 Å². The molecule has 0 unspecified atom stereocenters. The minimum Gasteiger partial charge on any atom is -0.225 e. The molecule has 0 saturated heterocycles. The molecule has 12 heavy (non-hydrogen) atoms. The standard InChI is InChI=1S/C6H5ClINO2S/c7-5-2-1-4(3-6(5)8)12(9,10)11/h1-3H,(H2,9,10,11). The summed E-state index contributed by atoms with van der Waals surface area (Å²) in [5, 5.41) is 5.42. The van der Waals surface area contributed by atoms with Crippen LogP contribution in [0.5, 0.6) is 0 Å². The number of hydrogen-bond acceptors (Lipinski definition) is 2. The molecule has 0 aliphatic heterocycles. The van der Waals surface area contributed by atoms with Crippen molar-refractivity contribution in [1.29, 1.82) is 0 Å². The first-order valence-electron chi connectivity index (χ1n) is 2.89. The SMILES string of the molecule is NS(=O)(=O)c1ccc(Cl)c(I)c1. The predicted octanol–water partition coefficient (Wildman–Crippen LogP) is 1.59. The van der Waals surface area contributed by atoms with Crippen LogP contribution < -0.4 is 5.14 Å². The highest BCUT2D eigenvalue weighted by atomic mass is 127. The van der Waals surface area contributed by atoms with E-state index in [1.807, 2.05) is 22.6 Å². The summed E-state index contributed by atoms with van der Waals surface area (Å²) in [7, 11) is -3.61. The van der Waals surface area contributed by atoms with Gasteiger partial charge in [0.25, 0.3) is 0 Å². The fourth-order valence-corrected chi connectivity index (χ4v) is 2.04. The Bertz CT molecular complexity index is 404. The van der Waals surface area contributed by atoms with Gasteiger partial charge in [-0.3, -0.25) is 0 Å². The Kier molecular flexibility index (Phi) is 2.97. The summed E-state index contributed by atoms with van der Waals surface area (Å²) in [6.45, 7) is 0. The second-order valence-corrected chi connectivity index (χ2v) is 5.25. The van der Waals surface area contributed by atoms with Crippen LogP contribution >= 0.6 is 34.2 Å². The Morgan fingerprint density at radius 2 is 2.00 bits per heavy atom. The summed E-state index contributed by atoms with van der Waals surface area (Å²) < 4.78 is 22.3. The van der Waals surface area contributed by atoms with E-state index < -0.39 is 10.0 Å². The maximum atomic E-state index is 10.8. The van der Waals surface area contributed by atoms with Gasteiger partial charge in [-0.2, -0.15) is 0 Å². The van der Waals surface area contributed by atoms with Crippen LogP contribution in [0.15, 0.2) is 23.1 Å². The minimum atomic E-state index is -3.61. The third-order valence-electron chi connectivity index (χ3n) is 1.22. The van der Waals surface area contributed by atoms with Gasteiger partial charge in [-0.15, -0.1) is 0 Å². The molecule has 1 aromatic rings. The average Bonchev–Trinajstić information content (AvgIpc) is 1.92. The predicted molar refractivity (Wildman–Crippen MR) is 55.5 cm³/mol.